The van der Waals surface area contributed by atoms with Crippen LogP contribution in [0, 0.1) is 6.92 Å². The fourth-order valence-corrected chi connectivity index (χ4v) is 3.04. The first-order valence-corrected chi connectivity index (χ1v) is 6.93. The van der Waals surface area contributed by atoms with E-state index in [0.29, 0.717) is 17.1 Å². The number of halogens is 1. The van der Waals surface area contributed by atoms with E-state index in [9.17, 15) is 5.11 Å². The van der Waals surface area contributed by atoms with Gasteiger partial charge in [0.15, 0.2) is 0 Å². The standard InChI is InChI=1S/C13H22ClN3O/c1-9(2)15-13(8-18)5-4-11(6-13)17-7-12(14)10(3)16-17/h7,9,11,15,18H,4-6,8H2,1-3H3. The number of nitrogens with zero attached hydrogens (tertiary/aromatic N) is 2. The van der Waals surface area contributed by atoms with Gasteiger partial charge in [-0.3, -0.25) is 4.68 Å². The van der Waals surface area contributed by atoms with Gasteiger partial charge >= 0.3 is 0 Å². The summed E-state index contributed by atoms with van der Waals surface area (Å²) in [6, 6.07) is 0.702. The van der Waals surface area contributed by atoms with Crippen molar-refractivity contribution in [3.63, 3.8) is 0 Å². The largest absolute Gasteiger partial charge is 0.394 e. The number of hydrogen-bond acceptors (Lipinski definition) is 3. The molecule has 0 bridgehead atoms. The normalized spacial score (nSPS) is 28.2. The molecule has 2 unspecified atom stereocenters. The quantitative estimate of drug-likeness (QED) is 0.884. The predicted molar refractivity (Wildman–Crippen MR) is 73.0 cm³/mol. The summed E-state index contributed by atoms with van der Waals surface area (Å²) in [6.45, 7) is 6.31. The number of aromatic nitrogens is 2. The van der Waals surface area contributed by atoms with Gasteiger partial charge in [-0.15, -0.1) is 0 Å². The van der Waals surface area contributed by atoms with Crippen LogP contribution >= 0.6 is 11.6 Å². The maximum Gasteiger partial charge on any atom is 0.0815 e. The Morgan fingerprint density at radius 3 is 2.89 bits per heavy atom. The monoisotopic (exact) mass is 271 g/mol. The van der Waals surface area contributed by atoms with E-state index in [4.69, 9.17) is 11.6 Å². The zero-order valence-corrected chi connectivity index (χ0v) is 12.0. The van der Waals surface area contributed by atoms with Crippen molar-refractivity contribution >= 4 is 11.6 Å². The van der Waals surface area contributed by atoms with Gasteiger partial charge in [-0.05, 0) is 26.2 Å². The first kappa shape index (κ1) is 13.8. The lowest BCUT2D eigenvalue weighted by Gasteiger charge is -2.31. The van der Waals surface area contributed by atoms with Crippen molar-refractivity contribution in [2.75, 3.05) is 6.61 Å². The molecule has 0 saturated heterocycles. The first-order chi connectivity index (χ1) is 8.46. The summed E-state index contributed by atoms with van der Waals surface area (Å²) in [5, 5.41) is 18.3. The van der Waals surface area contributed by atoms with Gasteiger partial charge in [-0.25, -0.2) is 0 Å². The van der Waals surface area contributed by atoms with Crippen LogP contribution in [0.25, 0.3) is 0 Å². The third-order valence-electron chi connectivity index (χ3n) is 3.71. The van der Waals surface area contributed by atoms with Crippen molar-refractivity contribution in [2.45, 2.75) is 57.7 Å². The molecule has 1 heterocycles. The van der Waals surface area contributed by atoms with E-state index in [0.717, 1.165) is 25.0 Å². The van der Waals surface area contributed by atoms with Crippen molar-refractivity contribution < 1.29 is 5.11 Å². The van der Waals surface area contributed by atoms with E-state index in [-0.39, 0.29) is 12.1 Å². The summed E-state index contributed by atoms with van der Waals surface area (Å²) in [6.07, 6.45) is 4.80. The average Bonchev–Trinajstić information content (AvgIpc) is 2.84. The molecule has 0 spiro atoms. The van der Waals surface area contributed by atoms with Crippen LogP contribution in [-0.4, -0.2) is 33.1 Å². The van der Waals surface area contributed by atoms with Gasteiger partial charge in [0, 0.05) is 17.8 Å². The smallest absolute Gasteiger partial charge is 0.0815 e. The van der Waals surface area contributed by atoms with Crippen molar-refractivity contribution in [3.8, 4) is 0 Å². The molecule has 1 fully saturated rings. The van der Waals surface area contributed by atoms with E-state index >= 15 is 0 Å². The molecule has 0 aromatic carbocycles. The number of rotatable bonds is 4. The minimum absolute atomic E-state index is 0.162. The second-order valence-electron chi connectivity index (χ2n) is 5.68. The van der Waals surface area contributed by atoms with Gasteiger partial charge < -0.3 is 10.4 Å². The van der Waals surface area contributed by atoms with Gasteiger partial charge in [0.05, 0.1) is 23.4 Å². The molecule has 1 aliphatic rings. The number of aryl methyl sites for hydroxylation is 1. The summed E-state index contributed by atoms with van der Waals surface area (Å²) in [4.78, 5) is 0. The lowest BCUT2D eigenvalue weighted by molar-refractivity contribution is 0.151. The highest BCUT2D eigenvalue weighted by molar-refractivity contribution is 6.31. The Balaban J connectivity index is 2.11. The molecule has 1 aliphatic carbocycles. The second kappa shape index (κ2) is 5.19. The van der Waals surface area contributed by atoms with E-state index in [1.54, 1.807) is 0 Å². The molecule has 5 heteroatoms. The van der Waals surface area contributed by atoms with Crippen molar-refractivity contribution in [3.05, 3.63) is 16.9 Å². The average molecular weight is 272 g/mol. The van der Waals surface area contributed by atoms with Crippen molar-refractivity contribution in [2.24, 2.45) is 0 Å². The number of aliphatic hydroxyl groups is 1. The maximum absolute atomic E-state index is 9.67. The van der Waals surface area contributed by atoms with Crippen LogP contribution in [0.1, 0.15) is 44.8 Å². The lowest BCUT2D eigenvalue weighted by Crippen LogP contribution is -2.49. The van der Waals surface area contributed by atoms with Crippen molar-refractivity contribution in [1.29, 1.82) is 0 Å². The molecule has 4 nitrogen and oxygen atoms in total. The molecule has 1 saturated carbocycles. The molecule has 2 N–H and O–H groups in total. The molecule has 1 aromatic heterocycles. The fraction of sp³-hybridized carbons (Fsp3) is 0.769. The van der Waals surface area contributed by atoms with Crippen LogP contribution in [0.2, 0.25) is 5.02 Å². The lowest BCUT2D eigenvalue weighted by atomic mass is 9.97. The summed E-state index contributed by atoms with van der Waals surface area (Å²) >= 11 is 6.05. The molecule has 2 atom stereocenters. The number of hydrogen-bond donors (Lipinski definition) is 2. The van der Waals surface area contributed by atoms with Gasteiger partial charge in [-0.1, -0.05) is 25.4 Å². The first-order valence-electron chi connectivity index (χ1n) is 6.55. The highest BCUT2D eigenvalue weighted by atomic mass is 35.5. The molecule has 18 heavy (non-hydrogen) atoms. The zero-order valence-electron chi connectivity index (χ0n) is 11.3. The minimum Gasteiger partial charge on any atom is -0.394 e. The Bertz CT molecular complexity index is 399. The van der Waals surface area contributed by atoms with Crippen LogP contribution in [-0.2, 0) is 0 Å². The van der Waals surface area contributed by atoms with E-state index in [1.165, 1.54) is 0 Å². The maximum atomic E-state index is 9.67. The van der Waals surface area contributed by atoms with Gasteiger partial charge in [0.1, 0.15) is 0 Å². The van der Waals surface area contributed by atoms with Gasteiger partial charge in [-0.2, -0.15) is 5.10 Å². The van der Waals surface area contributed by atoms with Crippen LogP contribution in [0.15, 0.2) is 6.20 Å². The Kier molecular flexibility index (Phi) is 3.99. The molecule has 0 radical (unpaired) electrons. The van der Waals surface area contributed by atoms with E-state index < -0.39 is 0 Å². The summed E-state index contributed by atoms with van der Waals surface area (Å²) < 4.78 is 1.96. The topological polar surface area (TPSA) is 50.1 Å². The van der Waals surface area contributed by atoms with Crippen molar-refractivity contribution in [1.82, 2.24) is 15.1 Å². The van der Waals surface area contributed by atoms with E-state index in [2.05, 4.69) is 24.3 Å². The molecule has 0 aliphatic heterocycles. The molecule has 0 amide bonds. The third-order valence-corrected chi connectivity index (χ3v) is 4.08. The van der Waals surface area contributed by atoms with E-state index in [1.807, 2.05) is 17.8 Å². The van der Waals surface area contributed by atoms with Crippen LogP contribution in [0.5, 0.6) is 0 Å². The highest BCUT2D eigenvalue weighted by Gasteiger charge is 2.40. The highest BCUT2D eigenvalue weighted by Crippen LogP contribution is 2.38. The third kappa shape index (κ3) is 2.71. The molecule has 2 rings (SSSR count). The summed E-state index contributed by atoms with van der Waals surface area (Å²) in [7, 11) is 0. The molecule has 1 aromatic rings. The molecular weight excluding hydrogens is 250 g/mol. The Labute approximate surface area is 113 Å². The number of aliphatic hydroxyl groups excluding tert-OH is 1. The molecule has 102 valence electrons. The SMILES string of the molecule is Cc1nn(C2CCC(CO)(NC(C)C)C2)cc1Cl. The van der Waals surface area contributed by atoms with Gasteiger partial charge in [0.2, 0.25) is 0 Å². The zero-order chi connectivity index (χ0) is 13.3. The summed E-state index contributed by atoms with van der Waals surface area (Å²) in [5.74, 6) is 0. The Morgan fingerprint density at radius 2 is 2.39 bits per heavy atom. The second-order valence-corrected chi connectivity index (χ2v) is 6.08. The van der Waals surface area contributed by atoms with Crippen LogP contribution in [0.3, 0.4) is 0 Å². The van der Waals surface area contributed by atoms with Crippen LogP contribution in [0.4, 0.5) is 0 Å². The Morgan fingerprint density at radius 1 is 1.67 bits per heavy atom. The Hall–Kier alpha value is -0.580. The minimum atomic E-state index is -0.162. The van der Waals surface area contributed by atoms with Gasteiger partial charge in [0.25, 0.3) is 0 Å². The number of nitrogens with one attached hydrogen (secondary N) is 1. The summed E-state index contributed by atoms with van der Waals surface area (Å²) in [5.41, 5.74) is 0.709. The predicted octanol–water partition coefficient (Wildman–Crippen LogP) is 2.30. The fourth-order valence-electron chi connectivity index (χ4n) is 2.90. The molecular formula is C13H22ClN3O. The van der Waals surface area contributed by atoms with Crippen LogP contribution < -0.4 is 5.32 Å².